The van der Waals surface area contributed by atoms with Gasteiger partial charge in [-0.2, -0.15) is 4.57 Å². The van der Waals surface area contributed by atoms with E-state index in [0.29, 0.717) is 17.2 Å². The van der Waals surface area contributed by atoms with Gasteiger partial charge in [0, 0.05) is 24.1 Å². The van der Waals surface area contributed by atoms with Gasteiger partial charge in [-0.1, -0.05) is 18.2 Å². The van der Waals surface area contributed by atoms with Crippen LogP contribution in [-0.4, -0.2) is 27.0 Å². The zero-order valence-electron chi connectivity index (χ0n) is 19.9. The average molecular weight is 483 g/mol. The maximum absolute atomic E-state index is 12.8. The summed E-state index contributed by atoms with van der Waals surface area (Å²) >= 11 is 0. The van der Waals surface area contributed by atoms with Crippen molar-refractivity contribution in [1.82, 2.24) is 0 Å². The standard InChI is InChI=1S/C29H24NO6/c1-32-24-6-4-3-5-18(24)8-10-28(31)36-29-22-16-30-12-11-20-14-26-27(35-17-34-26)15-21(20)23(30)13-19(22)7-9-25(29)33-2/h3-10,13-16H,11-12,17H2,1-2H3/q+1/b10-8+. The van der Waals surface area contributed by atoms with Crippen molar-refractivity contribution in [3.05, 3.63) is 78.0 Å². The van der Waals surface area contributed by atoms with Crippen molar-refractivity contribution in [3.8, 4) is 40.0 Å². The van der Waals surface area contributed by atoms with Gasteiger partial charge in [-0.15, -0.1) is 0 Å². The molecule has 0 atom stereocenters. The number of hydrogen-bond donors (Lipinski definition) is 0. The first-order chi connectivity index (χ1) is 17.6. The molecule has 0 fully saturated rings. The first kappa shape index (κ1) is 22.0. The lowest BCUT2D eigenvalue weighted by molar-refractivity contribution is -0.686. The summed E-state index contributed by atoms with van der Waals surface area (Å²) in [7, 11) is 3.16. The minimum absolute atomic E-state index is 0.246. The van der Waals surface area contributed by atoms with Crippen LogP contribution in [0.3, 0.4) is 0 Å². The highest BCUT2D eigenvalue weighted by Gasteiger charge is 2.29. The third-order valence-corrected chi connectivity index (χ3v) is 6.54. The number of para-hydroxylation sites is 1. The number of carbonyl (C=O) groups excluding carboxylic acids is 1. The number of fused-ring (bicyclic) bond motifs is 5. The normalized spacial score (nSPS) is 13.4. The van der Waals surface area contributed by atoms with Crippen molar-refractivity contribution in [1.29, 1.82) is 0 Å². The molecule has 0 N–H and O–H groups in total. The highest BCUT2D eigenvalue weighted by Crippen LogP contribution is 2.41. The Labute approximate surface area is 208 Å². The fraction of sp³-hybridized carbons (Fsp3) is 0.172. The Morgan fingerprint density at radius 1 is 0.972 bits per heavy atom. The van der Waals surface area contributed by atoms with Crippen molar-refractivity contribution in [3.63, 3.8) is 0 Å². The monoisotopic (exact) mass is 482 g/mol. The second-order valence-electron chi connectivity index (χ2n) is 8.56. The predicted octanol–water partition coefficient (Wildman–Crippen LogP) is 4.72. The second-order valence-corrected chi connectivity index (χ2v) is 8.56. The van der Waals surface area contributed by atoms with Crippen LogP contribution in [0.4, 0.5) is 0 Å². The third kappa shape index (κ3) is 3.79. The van der Waals surface area contributed by atoms with Gasteiger partial charge in [-0.3, -0.25) is 0 Å². The van der Waals surface area contributed by atoms with Crippen molar-refractivity contribution in [2.45, 2.75) is 13.0 Å². The van der Waals surface area contributed by atoms with Crippen LogP contribution in [0.2, 0.25) is 0 Å². The van der Waals surface area contributed by atoms with Crippen LogP contribution in [0.25, 0.3) is 28.1 Å². The van der Waals surface area contributed by atoms with Gasteiger partial charge >= 0.3 is 5.97 Å². The number of esters is 1. The number of ether oxygens (including phenoxy) is 5. The lowest BCUT2D eigenvalue weighted by Crippen LogP contribution is -2.40. The minimum atomic E-state index is -0.507. The quantitative estimate of drug-likeness (QED) is 0.178. The van der Waals surface area contributed by atoms with Gasteiger partial charge in [0.2, 0.25) is 12.5 Å². The molecule has 6 rings (SSSR count). The van der Waals surface area contributed by atoms with E-state index in [0.717, 1.165) is 52.1 Å². The Balaban J connectivity index is 1.38. The smallest absolute Gasteiger partial charge is 0.336 e. The van der Waals surface area contributed by atoms with Crippen molar-refractivity contribution < 1.29 is 33.0 Å². The molecule has 7 heteroatoms. The molecule has 0 spiro atoms. The average Bonchev–Trinajstić information content (AvgIpc) is 3.37. The summed E-state index contributed by atoms with van der Waals surface area (Å²) in [6.45, 7) is 1.03. The molecule has 0 bridgehead atoms. The van der Waals surface area contributed by atoms with Crippen LogP contribution in [0.15, 0.2) is 66.9 Å². The molecule has 180 valence electrons. The molecule has 2 aliphatic heterocycles. The zero-order chi connectivity index (χ0) is 24.6. The summed E-state index contributed by atoms with van der Waals surface area (Å²) in [6.07, 6.45) is 5.94. The molecular weight excluding hydrogens is 458 g/mol. The molecule has 1 aromatic heterocycles. The number of rotatable bonds is 5. The van der Waals surface area contributed by atoms with E-state index in [4.69, 9.17) is 23.7 Å². The topological polar surface area (TPSA) is 67.1 Å². The number of methoxy groups -OCH3 is 2. The van der Waals surface area contributed by atoms with Gasteiger partial charge in [0.15, 0.2) is 35.7 Å². The van der Waals surface area contributed by atoms with Crippen molar-refractivity contribution >= 4 is 22.8 Å². The summed E-state index contributed by atoms with van der Waals surface area (Å²) in [4.78, 5) is 12.8. The fourth-order valence-electron chi connectivity index (χ4n) is 4.76. The van der Waals surface area contributed by atoms with E-state index < -0.39 is 5.97 Å². The predicted molar refractivity (Wildman–Crippen MR) is 134 cm³/mol. The van der Waals surface area contributed by atoms with Gasteiger partial charge in [0.05, 0.1) is 25.2 Å². The number of nitrogens with zero attached hydrogens (tertiary/aromatic N) is 1. The highest BCUT2D eigenvalue weighted by atomic mass is 16.7. The molecule has 0 aliphatic carbocycles. The number of aromatic nitrogens is 1. The molecule has 7 nitrogen and oxygen atoms in total. The Kier molecular flexibility index (Phi) is 5.45. The zero-order valence-corrected chi connectivity index (χ0v) is 19.9. The van der Waals surface area contributed by atoms with E-state index >= 15 is 0 Å². The fourth-order valence-corrected chi connectivity index (χ4v) is 4.76. The summed E-state index contributed by atoms with van der Waals surface area (Å²) in [5.74, 6) is 2.59. The van der Waals surface area contributed by atoms with E-state index in [9.17, 15) is 4.79 Å². The summed E-state index contributed by atoms with van der Waals surface area (Å²) in [6, 6.07) is 17.5. The van der Waals surface area contributed by atoms with Crippen molar-refractivity contribution in [2.24, 2.45) is 0 Å². The second kappa shape index (κ2) is 8.92. The Morgan fingerprint density at radius 3 is 2.61 bits per heavy atom. The van der Waals surface area contributed by atoms with Gasteiger partial charge in [-0.05, 0) is 47.4 Å². The summed E-state index contributed by atoms with van der Waals surface area (Å²) in [5.41, 5.74) is 4.19. The number of pyridine rings is 1. The number of hydrogen-bond acceptors (Lipinski definition) is 6. The number of carbonyl (C=O) groups is 1. The Bertz CT molecular complexity index is 1540. The van der Waals surface area contributed by atoms with Crippen LogP contribution < -0.4 is 28.3 Å². The van der Waals surface area contributed by atoms with Crippen LogP contribution in [-0.2, 0) is 17.8 Å². The number of aryl methyl sites for hydroxylation is 2. The lowest BCUT2D eigenvalue weighted by Gasteiger charge is -2.17. The summed E-state index contributed by atoms with van der Waals surface area (Å²) < 4.78 is 30.1. The lowest BCUT2D eigenvalue weighted by atomic mass is 9.95. The van der Waals surface area contributed by atoms with Crippen LogP contribution in [0.1, 0.15) is 11.1 Å². The van der Waals surface area contributed by atoms with Gasteiger partial charge in [-0.25, -0.2) is 4.79 Å². The molecule has 3 aromatic carbocycles. The Hall–Kier alpha value is -4.52. The maximum atomic E-state index is 12.8. The van der Waals surface area contributed by atoms with Crippen LogP contribution in [0, 0.1) is 0 Å². The molecule has 0 saturated heterocycles. The van der Waals surface area contributed by atoms with Gasteiger partial charge in [0.25, 0.3) is 0 Å². The van der Waals surface area contributed by atoms with E-state index in [1.807, 2.05) is 48.7 Å². The van der Waals surface area contributed by atoms with Crippen LogP contribution >= 0.6 is 0 Å². The first-order valence-corrected chi connectivity index (χ1v) is 11.6. The molecule has 0 unspecified atom stereocenters. The molecule has 0 radical (unpaired) electrons. The summed E-state index contributed by atoms with van der Waals surface area (Å²) in [5, 5.41) is 1.73. The van der Waals surface area contributed by atoms with Gasteiger partial charge in [0.1, 0.15) is 5.75 Å². The van der Waals surface area contributed by atoms with Crippen molar-refractivity contribution in [2.75, 3.05) is 21.0 Å². The molecule has 0 amide bonds. The number of benzene rings is 3. The molecular formula is C29H24NO6+. The molecule has 36 heavy (non-hydrogen) atoms. The maximum Gasteiger partial charge on any atom is 0.336 e. The minimum Gasteiger partial charge on any atom is -0.496 e. The van der Waals surface area contributed by atoms with E-state index in [-0.39, 0.29) is 6.79 Å². The largest absolute Gasteiger partial charge is 0.496 e. The molecule has 2 aliphatic rings. The molecule has 4 aromatic rings. The molecule has 3 heterocycles. The highest BCUT2D eigenvalue weighted by molar-refractivity contribution is 5.96. The van der Waals surface area contributed by atoms with E-state index in [1.54, 1.807) is 20.3 Å². The Morgan fingerprint density at radius 2 is 1.78 bits per heavy atom. The van der Waals surface area contributed by atoms with E-state index in [2.05, 4.69) is 16.7 Å². The van der Waals surface area contributed by atoms with E-state index in [1.165, 1.54) is 11.6 Å². The third-order valence-electron chi connectivity index (χ3n) is 6.54. The van der Waals surface area contributed by atoms with Crippen LogP contribution in [0.5, 0.6) is 28.7 Å². The molecule has 0 saturated carbocycles. The van der Waals surface area contributed by atoms with Gasteiger partial charge < -0.3 is 23.7 Å². The first-order valence-electron chi connectivity index (χ1n) is 11.6. The SMILES string of the molecule is COc1ccccc1/C=C/C(=O)Oc1c(OC)ccc2cc3[n+](cc12)CCc1cc2c(cc1-3)OCO2.